The molecular formula is C19H24O6. The molecule has 0 N–H and O–H groups in total. The summed E-state index contributed by atoms with van der Waals surface area (Å²) in [6, 6.07) is 0. The predicted molar refractivity (Wildman–Crippen MR) is 90.0 cm³/mol. The molecule has 6 nitrogen and oxygen atoms in total. The summed E-state index contributed by atoms with van der Waals surface area (Å²) in [6.45, 7) is 5.35. The Morgan fingerprint density at radius 2 is 1.68 bits per heavy atom. The van der Waals surface area contributed by atoms with Crippen LogP contribution in [0.5, 0.6) is 0 Å². The Morgan fingerprint density at radius 1 is 1.08 bits per heavy atom. The van der Waals surface area contributed by atoms with E-state index in [-0.39, 0.29) is 24.7 Å². The third-order valence-corrected chi connectivity index (χ3v) is 4.48. The first-order valence-corrected chi connectivity index (χ1v) is 8.12. The van der Waals surface area contributed by atoms with Crippen LogP contribution in [-0.4, -0.2) is 32.1 Å². The fourth-order valence-corrected chi connectivity index (χ4v) is 3.00. The van der Waals surface area contributed by atoms with Gasteiger partial charge in [-0.15, -0.1) is 0 Å². The van der Waals surface area contributed by atoms with Gasteiger partial charge in [0.1, 0.15) is 5.76 Å². The SMILES string of the molecule is COC(=O)C1(C(=O)OC)CC2=CC=C(OC(=O)C(C)(C)C)C=C[C@H]2C1. The van der Waals surface area contributed by atoms with Crippen molar-refractivity contribution in [2.45, 2.75) is 33.6 Å². The highest BCUT2D eigenvalue weighted by atomic mass is 16.5. The Balaban J connectivity index is 2.26. The van der Waals surface area contributed by atoms with Gasteiger partial charge in [0.25, 0.3) is 0 Å². The molecule has 1 saturated carbocycles. The van der Waals surface area contributed by atoms with E-state index in [9.17, 15) is 14.4 Å². The van der Waals surface area contributed by atoms with Crippen LogP contribution in [0.2, 0.25) is 0 Å². The number of allylic oxidation sites excluding steroid dienone is 5. The van der Waals surface area contributed by atoms with Crippen LogP contribution in [0.1, 0.15) is 33.6 Å². The lowest BCUT2D eigenvalue weighted by Gasteiger charge is -2.22. The first-order valence-electron chi connectivity index (χ1n) is 8.12. The molecule has 0 saturated heterocycles. The summed E-state index contributed by atoms with van der Waals surface area (Å²) in [7, 11) is 2.52. The summed E-state index contributed by atoms with van der Waals surface area (Å²) in [6.07, 6.45) is 7.50. The van der Waals surface area contributed by atoms with E-state index >= 15 is 0 Å². The van der Waals surface area contributed by atoms with E-state index in [1.807, 2.05) is 6.08 Å². The van der Waals surface area contributed by atoms with Crippen molar-refractivity contribution in [3.8, 4) is 0 Å². The van der Waals surface area contributed by atoms with Crippen LogP contribution in [0, 0.1) is 16.7 Å². The monoisotopic (exact) mass is 348 g/mol. The summed E-state index contributed by atoms with van der Waals surface area (Å²) in [5, 5.41) is 0. The van der Waals surface area contributed by atoms with E-state index in [4.69, 9.17) is 14.2 Å². The van der Waals surface area contributed by atoms with Crippen molar-refractivity contribution in [1.29, 1.82) is 0 Å². The largest absolute Gasteiger partial charge is 0.468 e. The zero-order valence-electron chi connectivity index (χ0n) is 15.3. The number of esters is 3. The molecule has 2 aliphatic carbocycles. The summed E-state index contributed by atoms with van der Waals surface area (Å²) in [4.78, 5) is 36.5. The lowest BCUT2D eigenvalue weighted by molar-refractivity contribution is -0.168. The van der Waals surface area contributed by atoms with Crippen LogP contribution in [0.3, 0.4) is 0 Å². The topological polar surface area (TPSA) is 78.9 Å². The minimum Gasteiger partial charge on any atom is -0.468 e. The highest BCUT2D eigenvalue weighted by Gasteiger charge is 2.55. The molecule has 25 heavy (non-hydrogen) atoms. The summed E-state index contributed by atoms with van der Waals surface area (Å²) in [5.41, 5.74) is -1.03. The minimum atomic E-state index is -1.32. The van der Waals surface area contributed by atoms with Crippen LogP contribution in [0.4, 0.5) is 0 Å². The Kier molecular flexibility index (Phi) is 5.20. The van der Waals surface area contributed by atoms with Gasteiger partial charge in [-0.2, -0.15) is 0 Å². The van der Waals surface area contributed by atoms with Crippen LogP contribution >= 0.6 is 0 Å². The maximum Gasteiger partial charge on any atom is 0.323 e. The highest BCUT2D eigenvalue weighted by Crippen LogP contribution is 2.48. The zero-order chi connectivity index (χ0) is 18.8. The van der Waals surface area contributed by atoms with E-state index in [1.165, 1.54) is 14.2 Å². The average molecular weight is 348 g/mol. The van der Waals surface area contributed by atoms with Gasteiger partial charge in [0.2, 0.25) is 0 Å². The number of fused-ring (bicyclic) bond motifs is 1. The second kappa shape index (κ2) is 6.86. The van der Waals surface area contributed by atoms with Gasteiger partial charge in [0, 0.05) is 5.92 Å². The molecule has 0 radical (unpaired) electrons. The molecule has 0 aliphatic heterocycles. The van der Waals surface area contributed by atoms with Crippen molar-refractivity contribution in [2.75, 3.05) is 14.2 Å². The third-order valence-electron chi connectivity index (χ3n) is 4.48. The fourth-order valence-electron chi connectivity index (χ4n) is 3.00. The van der Waals surface area contributed by atoms with Crippen molar-refractivity contribution in [2.24, 2.45) is 16.7 Å². The quantitative estimate of drug-likeness (QED) is 0.443. The fraction of sp³-hybridized carbons (Fsp3) is 0.526. The molecule has 6 heteroatoms. The smallest absolute Gasteiger partial charge is 0.323 e. The Morgan fingerprint density at radius 3 is 2.20 bits per heavy atom. The molecule has 0 spiro atoms. The molecule has 136 valence electrons. The molecule has 0 amide bonds. The number of carbonyl (C=O) groups is 3. The van der Waals surface area contributed by atoms with Gasteiger partial charge in [0.15, 0.2) is 5.41 Å². The molecule has 0 aromatic heterocycles. The molecule has 1 atom stereocenters. The molecule has 0 aromatic carbocycles. The average Bonchev–Trinajstić information content (AvgIpc) is 2.85. The maximum atomic E-state index is 12.2. The second-order valence-corrected chi connectivity index (χ2v) is 7.36. The number of rotatable bonds is 3. The Hall–Kier alpha value is -2.37. The Labute approximate surface area is 147 Å². The van der Waals surface area contributed by atoms with E-state index in [0.29, 0.717) is 5.76 Å². The summed E-state index contributed by atoms with van der Waals surface area (Å²) >= 11 is 0. The molecule has 2 rings (SSSR count). The minimum absolute atomic E-state index is 0.125. The Bertz CT molecular complexity index is 659. The van der Waals surface area contributed by atoms with E-state index in [0.717, 1.165) is 5.57 Å². The molecule has 0 unspecified atom stereocenters. The normalized spacial score (nSPS) is 21.4. The van der Waals surface area contributed by atoms with Gasteiger partial charge >= 0.3 is 17.9 Å². The van der Waals surface area contributed by atoms with Crippen molar-refractivity contribution in [3.05, 3.63) is 35.6 Å². The number of ether oxygens (including phenoxy) is 3. The number of carbonyl (C=O) groups excluding carboxylic acids is 3. The number of methoxy groups -OCH3 is 2. The lowest BCUT2D eigenvalue weighted by Crippen LogP contribution is -2.39. The van der Waals surface area contributed by atoms with Gasteiger partial charge in [-0.05, 0) is 45.8 Å². The molecular weight excluding hydrogens is 324 g/mol. The first-order chi connectivity index (χ1) is 11.6. The third kappa shape index (κ3) is 3.67. The molecule has 0 bridgehead atoms. The number of hydrogen-bond donors (Lipinski definition) is 0. The second-order valence-electron chi connectivity index (χ2n) is 7.36. The molecule has 0 aromatic rings. The standard InChI is InChI=1S/C19H24O6/c1-18(2,3)15(20)25-14-8-6-12-10-19(16(21)23-4,17(22)24-5)11-13(12)7-9-14/h6-9,12H,10-11H2,1-5H3/t12-/m0/s1. The van der Waals surface area contributed by atoms with E-state index in [2.05, 4.69) is 0 Å². The van der Waals surface area contributed by atoms with E-state index in [1.54, 1.807) is 39.0 Å². The van der Waals surface area contributed by atoms with Gasteiger partial charge in [0.05, 0.1) is 19.6 Å². The van der Waals surface area contributed by atoms with Crippen LogP contribution in [0.25, 0.3) is 0 Å². The number of hydrogen-bond acceptors (Lipinski definition) is 6. The van der Waals surface area contributed by atoms with Gasteiger partial charge in [-0.25, -0.2) is 0 Å². The van der Waals surface area contributed by atoms with Crippen LogP contribution in [0.15, 0.2) is 35.6 Å². The summed E-state index contributed by atoms with van der Waals surface area (Å²) < 4.78 is 15.1. The van der Waals surface area contributed by atoms with Crippen LogP contribution in [-0.2, 0) is 28.6 Å². The first kappa shape index (κ1) is 19.0. The van der Waals surface area contributed by atoms with Crippen molar-refractivity contribution >= 4 is 17.9 Å². The lowest BCUT2D eigenvalue weighted by atomic mass is 9.85. The summed E-state index contributed by atoms with van der Waals surface area (Å²) in [5.74, 6) is -1.20. The van der Waals surface area contributed by atoms with Crippen LogP contribution < -0.4 is 0 Å². The van der Waals surface area contributed by atoms with Crippen molar-refractivity contribution in [1.82, 2.24) is 0 Å². The maximum absolute atomic E-state index is 12.2. The molecule has 0 heterocycles. The zero-order valence-corrected chi connectivity index (χ0v) is 15.3. The highest BCUT2D eigenvalue weighted by molar-refractivity contribution is 6.01. The molecule has 1 fully saturated rings. The van der Waals surface area contributed by atoms with Crippen molar-refractivity contribution < 1.29 is 28.6 Å². The van der Waals surface area contributed by atoms with Crippen molar-refractivity contribution in [3.63, 3.8) is 0 Å². The van der Waals surface area contributed by atoms with Gasteiger partial charge in [-0.1, -0.05) is 17.7 Å². The van der Waals surface area contributed by atoms with Gasteiger partial charge < -0.3 is 14.2 Å². The molecule has 2 aliphatic rings. The van der Waals surface area contributed by atoms with E-state index < -0.39 is 22.8 Å². The van der Waals surface area contributed by atoms with Gasteiger partial charge in [-0.3, -0.25) is 14.4 Å². The predicted octanol–water partition coefficient (Wildman–Crippen LogP) is 2.70.